The lowest BCUT2D eigenvalue weighted by atomic mass is 10.00. The highest BCUT2D eigenvalue weighted by molar-refractivity contribution is 6.11. The Morgan fingerprint density at radius 2 is 1.91 bits per heavy atom. The third-order valence-corrected chi connectivity index (χ3v) is 5.87. The number of aromatic nitrogens is 3. The van der Waals surface area contributed by atoms with Gasteiger partial charge >= 0.3 is 11.7 Å². The second kappa shape index (κ2) is 8.75. The smallest absolute Gasteiger partial charge is 0.420 e. The van der Waals surface area contributed by atoms with Crippen molar-refractivity contribution >= 4 is 28.0 Å². The number of fused-ring (bicyclic) bond motifs is 3. The topological polar surface area (TPSA) is 110 Å². The number of oxazole rings is 1. The molecule has 3 aromatic heterocycles. The molecule has 0 radical (unpaired) electrons. The number of benzene rings is 2. The molecule has 35 heavy (non-hydrogen) atoms. The van der Waals surface area contributed by atoms with E-state index in [-0.39, 0.29) is 24.4 Å². The molecule has 0 unspecified atom stereocenters. The SMILES string of the molecule is CCOC(=O)c1nc2cc(-c3c(C)noc3C)c(OC)cc2c2c1oc(=O)n2Cc1ccccc1. The van der Waals surface area contributed by atoms with Crippen LogP contribution in [0.3, 0.4) is 0 Å². The predicted octanol–water partition coefficient (Wildman–Crippen LogP) is 4.65. The zero-order chi connectivity index (χ0) is 24.7. The summed E-state index contributed by atoms with van der Waals surface area (Å²) in [7, 11) is 1.56. The van der Waals surface area contributed by atoms with Crippen LogP contribution in [0.4, 0.5) is 0 Å². The number of rotatable bonds is 6. The molecule has 3 heterocycles. The lowest BCUT2D eigenvalue weighted by Gasteiger charge is -2.13. The van der Waals surface area contributed by atoms with Gasteiger partial charge in [-0.05, 0) is 38.5 Å². The van der Waals surface area contributed by atoms with E-state index < -0.39 is 11.7 Å². The van der Waals surface area contributed by atoms with Crippen LogP contribution in [0.1, 0.15) is 34.4 Å². The Kier molecular flexibility index (Phi) is 5.60. The fourth-order valence-electron chi connectivity index (χ4n) is 4.33. The van der Waals surface area contributed by atoms with Gasteiger partial charge in [0, 0.05) is 10.9 Å². The van der Waals surface area contributed by atoms with Gasteiger partial charge in [-0.25, -0.2) is 14.6 Å². The van der Waals surface area contributed by atoms with Gasteiger partial charge in [0.2, 0.25) is 0 Å². The van der Waals surface area contributed by atoms with Gasteiger partial charge < -0.3 is 18.4 Å². The van der Waals surface area contributed by atoms with Gasteiger partial charge in [-0.15, -0.1) is 0 Å². The largest absolute Gasteiger partial charge is 0.496 e. The Morgan fingerprint density at radius 3 is 2.57 bits per heavy atom. The van der Waals surface area contributed by atoms with Gasteiger partial charge in [0.15, 0.2) is 11.3 Å². The summed E-state index contributed by atoms with van der Waals surface area (Å²) in [6, 6.07) is 13.1. The Labute approximate surface area is 199 Å². The Balaban J connectivity index is 1.87. The summed E-state index contributed by atoms with van der Waals surface area (Å²) in [5.74, 6) is -0.109. The number of esters is 1. The molecule has 0 amide bonds. The van der Waals surface area contributed by atoms with Crippen LogP contribution in [0, 0.1) is 13.8 Å². The summed E-state index contributed by atoms with van der Waals surface area (Å²) in [6.07, 6.45) is 0. The molecule has 0 fully saturated rings. The van der Waals surface area contributed by atoms with Crippen molar-refractivity contribution in [2.75, 3.05) is 13.7 Å². The third kappa shape index (κ3) is 3.74. The lowest BCUT2D eigenvalue weighted by Crippen LogP contribution is -2.15. The van der Waals surface area contributed by atoms with Gasteiger partial charge in [-0.3, -0.25) is 4.57 Å². The molecule has 0 N–H and O–H groups in total. The molecule has 0 spiro atoms. The molecule has 0 bridgehead atoms. The molecule has 0 aliphatic heterocycles. The van der Waals surface area contributed by atoms with Gasteiger partial charge in [0.25, 0.3) is 0 Å². The molecule has 2 aromatic carbocycles. The minimum atomic E-state index is -0.672. The number of hydrogen-bond donors (Lipinski definition) is 0. The first kappa shape index (κ1) is 22.4. The average molecular weight is 473 g/mol. The quantitative estimate of drug-likeness (QED) is 0.328. The summed E-state index contributed by atoms with van der Waals surface area (Å²) in [6.45, 7) is 5.76. The van der Waals surface area contributed by atoms with E-state index in [1.807, 2.05) is 44.2 Å². The number of carbonyl (C=O) groups is 1. The summed E-state index contributed by atoms with van der Waals surface area (Å²) < 4.78 is 23.3. The summed E-state index contributed by atoms with van der Waals surface area (Å²) in [4.78, 5) is 30.4. The number of pyridine rings is 1. The molecule has 9 heteroatoms. The maximum absolute atomic E-state index is 13.0. The van der Waals surface area contributed by atoms with Crippen molar-refractivity contribution in [2.45, 2.75) is 27.3 Å². The van der Waals surface area contributed by atoms with E-state index in [1.165, 1.54) is 4.57 Å². The highest BCUT2D eigenvalue weighted by Crippen LogP contribution is 2.39. The maximum atomic E-state index is 13.0. The zero-order valence-corrected chi connectivity index (χ0v) is 19.7. The van der Waals surface area contributed by atoms with Crippen LogP contribution in [0.15, 0.2) is 56.2 Å². The van der Waals surface area contributed by atoms with E-state index in [0.717, 1.165) is 11.1 Å². The van der Waals surface area contributed by atoms with Crippen molar-refractivity contribution in [3.8, 4) is 16.9 Å². The van der Waals surface area contributed by atoms with Crippen molar-refractivity contribution in [3.63, 3.8) is 0 Å². The van der Waals surface area contributed by atoms with Crippen molar-refractivity contribution in [2.24, 2.45) is 0 Å². The Bertz CT molecular complexity index is 1610. The first-order valence-corrected chi connectivity index (χ1v) is 11.1. The second-order valence-electron chi connectivity index (χ2n) is 8.07. The molecule has 0 aliphatic rings. The van der Waals surface area contributed by atoms with Crippen LogP contribution in [-0.2, 0) is 11.3 Å². The minimum absolute atomic E-state index is 0.0619. The van der Waals surface area contributed by atoms with Crippen LogP contribution in [0.2, 0.25) is 0 Å². The normalized spacial score (nSPS) is 11.3. The number of ether oxygens (including phenoxy) is 2. The number of carbonyl (C=O) groups excluding carboxylic acids is 1. The van der Waals surface area contributed by atoms with Gasteiger partial charge in [0.05, 0.1) is 37.0 Å². The van der Waals surface area contributed by atoms with E-state index in [0.29, 0.717) is 39.2 Å². The Morgan fingerprint density at radius 1 is 1.14 bits per heavy atom. The molecule has 178 valence electrons. The lowest BCUT2D eigenvalue weighted by molar-refractivity contribution is 0.0521. The number of aryl methyl sites for hydroxylation is 2. The fourth-order valence-corrected chi connectivity index (χ4v) is 4.33. The first-order valence-electron chi connectivity index (χ1n) is 11.1. The fraction of sp³-hybridized carbons (Fsp3) is 0.231. The molecule has 0 saturated carbocycles. The van der Waals surface area contributed by atoms with E-state index in [4.69, 9.17) is 18.4 Å². The first-order chi connectivity index (χ1) is 16.9. The molecular formula is C26H23N3O6. The monoisotopic (exact) mass is 473 g/mol. The molecule has 0 atom stereocenters. The van der Waals surface area contributed by atoms with Crippen LogP contribution in [0.25, 0.3) is 33.1 Å². The predicted molar refractivity (Wildman–Crippen MR) is 129 cm³/mol. The summed E-state index contributed by atoms with van der Waals surface area (Å²) in [5.41, 5.74) is 4.00. The highest BCUT2D eigenvalue weighted by Gasteiger charge is 2.26. The Hall–Kier alpha value is -4.40. The van der Waals surface area contributed by atoms with Crippen LogP contribution < -0.4 is 10.5 Å². The van der Waals surface area contributed by atoms with E-state index in [2.05, 4.69) is 10.1 Å². The van der Waals surface area contributed by atoms with Crippen LogP contribution in [-0.4, -0.2) is 34.4 Å². The van der Waals surface area contributed by atoms with Crippen molar-refractivity contribution in [3.05, 3.63) is 75.7 Å². The van der Waals surface area contributed by atoms with Crippen molar-refractivity contribution in [1.82, 2.24) is 14.7 Å². The van der Waals surface area contributed by atoms with E-state index in [9.17, 15) is 9.59 Å². The summed E-state index contributed by atoms with van der Waals surface area (Å²) >= 11 is 0. The average Bonchev–Trinajstić information content (AvgIpc) is 3.36. The number of methoxy groups -OCH3 is 1. The molecular weight excluding hydrogens is 450 g/mol. The minimum Gasteiger partial charge on any atom is -0.496 e. The second-order valence-corrected chi connectivity index (χ2v) is 8.07. The number of hydrogen-bond acceptors (Lipinski definition) is 8. The molecule has 0 saturated heterocycles. The van der Waals surface area contributed by atoms with E-state index in [1.54, 1.807) is 26.2 Å². The zero-order valence-electron chi connectivity index (χ0n) is 19.7. The van der Waals surface area contributed by atoms with Crippen molar-refractivity contribution < 1.29 is 23.2 Å². The number of nitrogens with zero attached hydrogens (tertiary/aromatic N) is 3. The van der Waals surface area contributed by atoms with Crippen molar-refractivity contribution in [1.29, 1.82) is 0 Å². The van der Waals surface area contributed by atoms with E-state index >= 15 is 0 Å². The van der Waals surface area contributed by atoms with Gasteiger partial charge in [0.1, 0.15) is 17.0 Å². The van der Waals surface area contributed by atoms with Crippen LogP contribution in [0.5, 0.6) is 5.75 Å². The third-order valence-electron chi connectivity index (χ3n) is 5.87. The van der Waals surface area contributed by atoms with Gasteiger partial charge in [-0.2, -0.15) is 0 Å². The highest BCUT2D eigenvalue weighted by atomic mass is 16.5. The molecule has 9 nitrogen and oxygen atoms in total. The molecule has 5 aromatic rings. The van der Waals surface area contributed by atoms with Crippen LogP contribution >= 0.6 is 0 Å². The van der Waals surface area contributed by atoms with Gasteiger partial charge in [-0.1, -0.05) is 35.5 Å². The molecule has 0 aliphatic carbocycles. The molecule has 5 rings (SSSR count). The summed E-state index contributed by atoms with van der Waals surface area (Å²) in [5, 5.41) is 4.65. The standard InChI is InChI=1S/C26H23N3O6/c1-5-33-25(30)22-24-23(29(26(31)34-24)13-16-9-7-6-8-10-16)17-12-20(32-4)18(11-19(17)27-22)21-14(2)28-35-15(21)3/h6-12H,5,13H2,1-4H3. The maximum Gasteiger partial charge on any atom is 0.420 e.